The minimum atomic E-state index is -4.05. The smallest absolute Gasteiger partial charge is 0.243 e. The molecule has 4 N–H and O–H groups in total. The van der Waals surface area contributed by atoms with Crippen LogP contribution in [0, 0.1) is 5.82 Å². The number of amides is 1. The summed E-state index contributed by atoms with van der Waals surface area (Å²) in [6, 6.07) is 2.98. The Hall–Kier alpha value is -1.71. The van der Waals surface area contributed by atoms with Crippen molar-refractivity contribution in [2.45, 2.75) is 4.90 Å². The first kappa shape index (κ1) is 16.3. The van der Waals surface area contributed by atoms with E-state index in [1.807, 2.05) is 4.72 Å². The van der Waals surface area contributed by atoms with E-state index in [9.17, 15) is 17.6 Å². The van der Waals surface area contributed by atoms with E-state index in [0.717, 1.165) is 18.2 Å². The largest absolute Gasteiger partial charge is 0.398 e. The average molecular weight is 305 g/mol. The fourth-order valence-electron chi connectivity index (χ4n) is 1.33. The summed E-state index contributed by atoms with van der Waals surface area (Å²) in [7, 11) is -2.57. The molecule has 0 saturated heterocycles. The molecule has 0 atom stereocenters. The number of sulfonamides is 1. The first-order valence-corrected chi connectivity index (χ1v) is 7.15. The number of hydrogen-bond donors (Lipinski definition) is 3. The first-order chi connectivity index (χ1) is 9.36. The topological polar surface area (TPSA) is 111 Å². The molecule has 0 aromatic heterocycles. The molecule has 9 heteroatoms. The molecule has 0 radical (unpaired) electrons. The second-order valence-corrected chi connectivity index (χ2v) is 5.58. The Morgan fingerprint density at radius 3 is 2.80 bits per heavy atom. The van der Waals surface area contributed by atoms with Gasteiger partial charge in [0.05, 0.1) is 18.8 Å². The molecule has 0 heterocycles. The van der Waals surface area contributed by atoms with E-state index in [1.165, 1.54) is 7.11 Å². The third-order valence-electron chi connectivity index (χ3n) is 2.32. The van der Waals surface area contributed by atoms with Gasteiger partial charge in [-0.2, -0.15) is 0 Å². The van der Waals surface area contributed by atoms with Gasteiger partial charge in [-0.3, -0.25) is 4.79 Å². The summed E-state index contributed by atoms with van der Waals surface area (Å²) in [4.78, 5) is 10.9. The van der Waals surface area contributed by atoms with Gasteiger partial charge in [-0.1, -0.05) is 0 Å². The lowest BCUT2D eigenvalue weighted by atomic mass is 10.3. The van der Waals surface area contributed by atoms with Crippen molar-refractivity contribution < 1.29 is 22.3 Å². The third-order valence-corrected chi connectivity index (χ3v) is 3.77. The number of nitrogens with two attached hydrogens (primary N) is 1. The van der Waals surface area contributed by atoms with Crippen molar-refractivity contribution in [3.05, 3.63) is 24.0 Å². The molecule has 0 aliphatic carbocycles. The second kappa shape index (κ2) is 7.17. The van der Waals surface area contributed by atoms with E-state index >= 15 is 0 Å². The van der Waals surface area contributed by atoms with E-state index in [0.29, 0.717) is 6.61 Å². The predicted octanol–water partition coefficient (Wildman–Crippen LogP) is -0.551. The maximum absolute atomic E-state index is 13.0. The van der Waals surface area contributed by atoms with E-state index < -0.39 is 33.2 Å². The summed E-state index contributed by atoms with van der Waals surface area (Å²) in [6.45, 7) is 0.108. The molecule has 0 bridgehead atoms. The number of nitrogens with one attached hydrogen (secondary N) is 2. The number of carbonyl (C=O) groups is 1. The Kier molecular flexibility index (Phi) is 5.86. The lowest BCUT2D eigenvalue weighted by Crippen LogP contribution is -2.38. The van der Waals surface area contributed by atoms with Crippen LogP contribution in [-0.4, -0.2) is 41.1 Å². The molecule has 1 aromatic rings. The normalized spacial score (nSPS) is 11.3. The number of nitrogen functional groups attached to an aromatic ring is 1. The quantitative estimate of drug-likeness (QED) is 0.462. The van der Waals surface area contributed by atoms with Gasteiger partial charge in [0, 0.05) is 13.7 Å². The Morgan fingerprint density at radius 1 is 1.45 bits per heavy atom. The van der Waals surface area contributed by atoms with Gasteiger partial charge in [-0.15, -0.1) is 0 Å². The summed E-state index contributed by atoms with van der Waals surface area (Å²) < 4.78 is 43.6. The zero-order chi connectivity index (χ0) is 15.2. The molecule has 0 saturated carbocycles. The van der Waals surface area contributed by atoms with Gasteiger partial charge in [-0.25, -0.2) is 17.5 Å². The van der Waals surface area contributed by atoms with Crippen LogP contribution in [0.4, 0.5) is 10.1 Å². The molecule has 0 aliphatic rings. The van der Waals surface area contributed by atoms with Crippen LogP contribution in [-0.2, 0) is 19.6 Å². The fourth-order valence-corrected chi connectivity index (χ4v) is 2.46. The number of hydrogen-bond acceptors (Lipinski definition) is 5. The lowest BCUT2D eigenvalue weighted by molar-refractivity contribution is -0.120. The highest BCUT2D eigenvalue weighted by atomic mass is 32.2. The van der Waals surface area contributed by atoms with Gasteiger partial charge in [0.15, 0.2) is 0 Å². The number of ether oxygens (including phenoxy) is 1. The number of halogens is 1. The molecule has 0 fully saturated rings. The van der Waals surface area contributed by atoms with Gasteiger partial charge in [-0.05, 0) is 18.2 Å². The number of benzene rings is 1. The van der Waals surface area contributed by atoms with Crippen molar-refractivity contribution in [2.75, 3.05) is 32.5 Å². The standard InChI is InChI=1S/C11H16FN3O4S/c1-19-5-4-14-11(16)7-15-20(17,18)10-6-8(12)2-3-9(10)13/h2-3,6,15H,4-5,7,13H2,1H3,(H,14,16). The monoisotopic (exact) mass is 305 g/mol. The predicted molar refractivity (Wildman–Crippen MR) is 70.9 cm³/mol. The van der Waals surface area contributed by atoms with Crippen molar-refractivity contribution >= 4 is 21.6 Å². The van der Waals surface area contributed by atoms with Crippen LogP contribution < -0.4 is 15.8 Å². The third kappa shape index (κ3) is 4.76. The molecule has 1 rings (SSSR count). The Balaban J connectivity index is 2.66. The maximum Gasteiger partial charge on any atom is 0.243 e. The van der Waals surface area contributed by atoms with Crippen LogP contribution in [0.25, 0.3) is 0 Å². The number of rotatable bonds is 7. The average Bonchev–Trinajstić information content (AvgIpc) is 2.39. The van der Waals surface area contributed by atoms with Crippen LogP contribution in [0.5, 0.6) is 0 Å². The van der Waals surface area contributed by atoms with Crippen molar-refractivity contribution in [2.24, 2.45) is 0 Å². The molecule has 20 heavy (non-hydrogen) atoms. The van der Waals surface area contributed by atoms with Gasteiger partial charge in [0.1, 0.15) is 10.7 Å². The summed E-state index contributed by atoms with van der Waals surface area (Å²) in [5, 5.41) is 2.44. The highest BCUT2D eigenvalue weighted by Gasteiger charge is 2.19. The summed E-state index contributed by atoms with van der Waals surface area (Å²) in [5.74, 6) is -1.26. The molecule has 0 aliphatic heterocycles. The number of carbonyl (C=O) groups excluding carboxylic acids is 1. The highest BCUT2D eigenvalue weighted by Crippen LogP contribution is 2.18. The Bertz CT molecular complexity index is 577. The minimum absolute atomic E-state index is 0.0984. The van der Waals surface area contributed by atoms with E-state index in [2.05, 4.69) is 5.32 Å². The van der Waals surface area contributed by atoms with E-state index in [-0.39, 0.29) is 12.2 Å². The minimum Gasteiger partial charge on any atom is -0.398 e. The van der Waals surface area contributed by atoms with Gasteiger partial charge < -0.3 is 15.8 Å². The molecule has 1 amide bonds. The van der Waals surface area contributed by atoms with Gasteiger partial charge >= 0.3 is 0 Å². The second-order valence-electron chi connectivity index (χ2n) is 3.85. The first-order valence-electron chi connectivity index (χ1n) is 5.67. The van der Waals surface area contributed by atoms with Crippen LogP contribution in [0.3, 0.4) is 0 Å². The zero-order valence-electron chi connectivity index (χ0n) is 10.8. The molecular formula is C11H16FN3O4S. The van der Waals surface area contributed by atoms with E-state index in [1.54, 1.807) is 0 Å². The van der Waals surface area contributed by atoms with Crippen molar-refractivity contribution in [1.29, 1.82) is 0 Å². The highest BCUT2D eigenvalue weighted by molar-refractivity contribution is 7.89. The molecule has 112 valence electrons. The van der Waals surface area contributed by atoms with E-state index in [4.69, 9.17) is 10.5 Å². The molecular weight excluding hydrogens is 289 g/mol. The van der Waals surface area contributed by atoms with Crippen molar-refractivity contribution in [1.82, 2.24) is 10.0 Å². The summed E-state index contributed by atoms with van der Waals surface area (Å²) in [5.41, 5.74) is 5.38. The molecule has 7 nitrogen and oxygen atoms in total. The zero-order valence-corrected chi connectivity index (χ0v) is 11.7. The fraction of sp³-hybridized carbons (Fsp3) is 0.364. The summed E-state index contributed by atoms with van der Waals surface area (Å²) >= 11 is 0. The van der Waals surface area contributed by atoms with Crippen molar-refractivity contribution in [3.63, 3.8) is 0 Å². The Morgan fingerprint density at radius 2 is 2.15 bits per heavy atom. The van der Waals surface area contributed by atoms with Crippen LogP contribution >= 0.6 is 0 Å². The van der Waals surface area contributed by atoms with Crippen LogP contribution in [0.1, 0.15) is 0 Å². The maximum atomic E-state index is 13.0. The number of methoxy groups -OCH3 is 1. The van der Waals surface area contributed by atoms with Crippen LogP contribution in [0.2, 0.25) is 0 Å². The van der Waals surface area contributed by atoms with Crippen molar-refractivity contribution in [3.8, 4) is 0 Å². The van der Waals surface area contributed by atoms with Gasteiger partial charge in [0.2, 0.25) is 15.9 Å². The SMILES string of the molecule is COCCNC(=O)CNS(=O)(=O)c1cc(F)ccc1N. The lowest BCUT2D eigenvalue weighted by Gasteiger charge is -2.09. The molecule has 0 unspecified atom stereocenters. The van der Waals surface area contributed by atoms with Gasteiger partial charge in [0.25, 0.3) is 0 Å². The molecule has 1 aromatic carbocycles. The Labute approximate surface area is 116 Å². The van der Waals surface area contributed by atoms with Crippen LogP contribution in [0.15, 0.2) is 23.1 Å². The summed E-state index contributed by atoms with van der Waals surface area (Å²) in [6.07, 6.45) is 0. The molecule has 0 spiro atoms. The number of anilines is 1.